The topological polar surface area (TPSA) is 63.6 Å². The highest BCUT2D eigenvalue weighted by atomic mass is 79.9. The lowest BCUT2D eigenvalue weighted by molar-refractivity contribution is 1.07. The summed E-state index contributed by atoms with van der Waals surface area (Å²) in [6.07, 6.45) is 1.77. The number of rotatable bonds is 3. The molecule has 92 valence electrons. The number of aromatic nitrogens is 4. The zero-order valence-corrected chi connectivity index (χ0v) is 12.7. The Morgan fingerprint density at radius 2 is 2.22 bits per heavy atom. The van der Waals surface area contributed by atoms with E-state index in [1.807, 2.05) is 5.38 Å². The number of fused-ring (bicyclic) bond motifs is 1. The van der Waals surface area contributed by atoms with Crippen molar-refractivity contribution < 1.29 is 0 Å². The first-order valence-electron chi connectivity index (χ1n) is 4.84. The Balaban J connectivity index is 1.95. The monoisotopic (exact) mass is 361 g/mol. The smallest absolute Gasteiger partial charge is 0.225 e. The number of hydrogen-bond donors (Lipinski definition) is 1. The minimum atomic E-state index is 0.209. The van der Waals surface area contributed by atoms with E-state index < -0.39 is 0 Å². The van der Waals surface area contributed by atoms with Gasteiger partial charge in [0, 0.05) is 11.6 Å². The third-order valence-electron chi connectivity index (χ3n) is 2.10. The highest BCUT2D eigenvalue weighted by Crippen LogP contribution is 2.29. The van der Waals surface area contributed by atoms with Crippen molar-refractivity contribution in [2.45, 2.75) is 6.54 Å². The van der Waals surface area contributed by atoms with Gasteiger partial charge >= 0.3 is 0 Å². The van der Waals surface area contributed by atoms with Gasteiger partial charge in [-0.2, -0.15) is 4.98 Å². The van der Waals surface area contributed by atoms with Gasteiger partial charge in [0.1, 0.15) is 10.5 Å². The summed E-state index contributed by atoms with van der Waals surface area (Å²) < 4.78 is 0.756. The molecule has 3 aromatic heterocycles. The van der Waals surface area contributed by atoms with Crippen LogP contribution in [0.3, 0.4) is 0 Å². The Labute approximate surface area is 123 Å². The van der Waals surface area contributed by atoms with Crippen molar-refractivity contribution >= 4 is 66.4 Å². The highest BCUT2D eigenvalue weighted by molar-refractivity contribution is 9.11. The summed E-state index contributed by atoms with van der Waals surface area (Å²) in [6.45, 7) is 0.593. The van der Waals surface area contributed by atoms with Gasteiger partial charge in [-0.15, -0.1) is 11.3 Å². The van der Waals surface area contributed by atoms with Crippen molar-refractivity contribution in [2.75, 3.05) is 5.32 Å². The van der Waals surface area contributed by atoms with E-state index in [9.17, 15) is 0 Å². The number of nitrogens with one attached hydrogen (secondary N) is 1. The van der Waals surface area contributed by atoms with Crippen LogP contribution in [0.4, 0.5) is 5.82 Å². The maximum atomic E-state index is 5.88. The van der Waals surface area contributed by atoms with E-state index >= 15 is 0 Å². The summed E-state index contributed by atoms with van der Waals surface area (Å²) in [6, 6.07) is 0. The van der Waals surface area contributed by atoms with Crippen LogP contribution in [0, 0.1) is 0 Å². The van der Waals surface area contributed by atoms with Crippen LogP contribution in [0.25, 0.3) is 10.3 Å². The van der Waals surface area contributed by atoms with Crippen LogP contribution in [0.15, 0.2) is 15.5 Å². The lowest BCUT2D eigenvalue weighted by Gasteiger charge is -2.03. The summed E-state index contributed by atoms with van der Waals surface area (Å²) >= 11 is 12.2. The van der Waals surface area contributed by atoms with Gasteiger partial charge in [0.05, 0.1) is 6.54 Å². The second-order valence-corrected chi connectivity index (χ2v) is 6.81. The Bertz CT molecular complexity index is 684. The van der Waals surface area contributed by atoms with E-state index in [0.717, 1.165) is 13.8 Å². The second kappa shape index (κ2) is 5.04. The van der Waals surface area contributed by atoms with Crippen molar-refractivity contribution in [3.8, 4) is 0 Å². The van der Waals surface area contributed by atoms with Gasteiger partial charge in [-0.25, -0.2) is 15.0 Å². The van der Waals surface area contributed by atoms with Gasteiger partial charge in [-0.1, -0.05) is 11.3 Å². The Kier molecular flexibility index (Phi) is 3.42. The fourth-order valence-electron chi connectivity index (χ4n) is 1.39. The van der Waals surface area contributed by atoms with E-state index in [2.05, 4.69) is 41.2 Å². The fourth-order valence-corrected chi connectivity index (χ4v) is 3.47. The van der Waals surface area contributed by atoms with Crippen LogP contribution < -0.4 is 5.32 Å². The predicted molar refractivity (Wildman–Crippen MR) is 77.4 cm³/mol. The molecule has 3 heterocycles. The standard InChI is InChI=1S/C9H5BrClN5S2/c10-8-14-5-6(13-3-4-12-1-2-17-4)15-9(11)16-7(5)18-8/h1-2H,3H2,(H,13,15,16). The second-order valence-electron chi connectivity index (χ2n) is 3.24. The SMILES string of the molecule is Clc1nc(NCc2nccs2)c2nc(Br)sc2n1. The minimum absolute atomic E-state index is 0.209. The maximum Gasteiger partial charge on any atom is 0.225 e. The van der Waals surface area contributed by atoms with Crippen LogP contribution in [0.1, 0.15) is 5.01 Å². The van der Waals surface area contributed by atoms with Crippen molar-refractivity contribution in [3.05, 3.63) is 25.8 Å². The third kappa shape index (κ3) is 2.46. The van der Waals surface area contributed by atoms with E-state index in [4.69, 9.17) is 11.6 Å². The van der Waals surface area contributed by atoms with Gasteiger partial charge in [-0.3, -0.25) is 0 Å². The molecule has 3 rings (SSSR count). The Morgan fingerprint density at radius 1 is 1.33 bits per heavy atom. The first-order valence-corrected chi connectivity index (χ1v) is 7.71. The molecule has 5 nitrogen and oxygen atoms in total. The van der Waals surface area contributed by atoms with Gasteiger partial charge in [0.25, 0.3) is 0 Å². The molecule has 0 fully saturated rings. The number of nitrogens with zero attached hydrogens (tertiary/aromatic N) is 4. The molecule has 0 aliphatic carbocycles. The lowest BCUT2D eigenvalue weighted by atomic mass is 10.5. The molecule has 1 N–H and O–H groups in total. The molecular weight excluding hydrogens is 358 g/mol. The molecule has 0 aromatic carbocycles. The van der Waals surface area contributed by atoms with Crippen molar-refractivity contribution in [1.82, 2.24) is 19.9 Å². The molecule has 9 heteroatoms. The summed E-state index contributed by atoms with van der Waals surface area (Å²) in [5, 5.41) is 6.30. The number of hydrogen-bond acceptors (Lipinski definition) is 7. The Morgan fingerprint density at radius 3 is 3.00 bits per heavy atom. The molecular formula is C9H5BrClN5S2. The lowest BCUT2D eigenvalue weighted by Crippen LogP contribution is -2.02. The molecule has 0 spiro atoms. The predicted octanol–water partition coefficient (Wildman–Crippen LogP) is 3.57. The Hall–Kier alpha value is -0.830. The van der Waals surface area contributed by atoms with Gasteiger partial charge in [0.2, 0.25) is 5.28 Å². The number of anilines is 1. The summed E-state index contributed by atoms with van der Waals surface area (Å²) in [7, 11) is 0. The summed E-state index contributed by atoms with van der Waals surface area (Å²) in [5.41, 5.74) is 0.716. The van der Waals surface area contributed by atoms with Crippen molar-refractivity contribution in [2.24, 2.45) is 0 Å². The zero-order valence-electron chi connectivity index (χ0n) is 8.72. The van der Waals surface area contributed by atoms with Crippen molar-refractivity contribution in [1.29, 1.82) is 0 Å². The molecule has 0 radical (unpaired) electrons. The molecule has 18 heavy (non-hydrogen) atoms. The first kappa shape index (κ1) is 12.2. The molecule has 0 aliphatic rings. The molecule has 0 bridgehead atoms. The quantitative estimate of drug-likeness (QED) is 0.722. The average Bonchev–Trinajstić information content (AvgIpc) is 2.93. The molecule has 0 amide bonds. The van der Waals surface area contributed by atoms with Crippen LogP contribution in [0.2, 0.25) is 5.28 Å². The van der Waals surface area contributed by atoms with E-state index in [-0.39, 0.29) is 5.28 Å². The molecule has 3 aromatic rings. The molecule has 0 aliphatic heterocycles. The van der Waals surface area contributed by atoms with Gasteiger partial charge in [0.15, 0.2) is 14.6 Å². The van der Waals surface area contributed by atoms with Gasteiger partial charge in [-0.05, 0) is 27.5 Å². The normalized spacial score (nSPS) is 11.0. The summed E-state index contributed by atoms with van der Waals surface area (Å²) in [4.78, 5) is 17.6. The largest absolute Gasteiger partial charge is 0.362 e. The zero-order chi connectivity index (χ0) is 12.5. The molecule has 0 atom stereocenters. The van der Waals surface area contributed by atoms with Gasteiger partial charge < -0.3 is 5.32 Å². The maximum absolute atomic E-state index is 5.88. The van der Waals surface area contributed by atoms with Crippen LogP contribution in [-0.2, 0) is 6.54 Å². The number of thiazole rings is 2. The van der Waals surface area contributed by atoms with Crippen molar-refractivity contribution in [3.63, 3.8) is 0 Å². The molecule has 0 saturated carbocycles. The molecule has 0 saturated heterocycles. The average molecular weight is 363 g/mol. The number of halogens is 2. The van der Waals surface area contributed by atoms with Crippen LogP contribution >= 0.6 is 50.2 Å². The fraction of sp³-hybridized carbons (Fsp3) is 0.111. The first-order chi connectivity index (χ1) is 8.72. The molecule has 0 unspecified atom stereocenters. The van der Waals surface area contributed by atoms with E-state index in [0.29, 0.717) is 17.9 Å². The third-order valence-corrected chi connectivity index (χ3v) is 4.45. The summed E-state index contributed by atoms with van der Waals surface area (Å²) in [5.74, 6) is 0.627. The minimum Gasteiger partial charge on any atom is -0.362 e. The van der Waals surface area contributed by atoms with E-state index in [1.54, 1.807) is 17.5 Å². The highest BCUT2D eigenvalue weighted by Gasteiger charge is 2.11. The van der Waals surface area contributed by atoms with Crippen LogP contribution in [-0.4, -0.2) is 19.9 Å². The van der Waals surface area contributed by atoms with Crippen LogP contribution in [0.5, 0.6) is 0 Å². The van der Waals surface area contributed by atoms with E-state index in [1.165, 1.54) is 11.3 Å².